The van der Waals surface area contributed by atoms with Crippen LogP contribution in [-0.2, 0) is 6.54 Å². The van der Waals surface area contributed by atoms with E-state index in [1.807, 2.05) is 24.4 Å². The second-order valence-corrected chi connectivity index (χ2v) is 2.79. The van der Waals surface area contributed by atoms with Gasteiger partial charge in [0.15, 0.2) is 0 Å². The molecular weight excluding hydrogens is 198 g/mol. The molecule has 14 heavy (non-hydrogen) atoms. The molecule has 1 heterocycles. The molecule has 4 heteroatoms. The van der Waals surface area contributed by atoms with E-state index in [-0.39, 0.29) is 12.4 Å². The van der Waals surface area contributed by atoms with Crippen LogP contribution in [0.4, 0.5) is 5.82 Å². The number of aromatic amines is 1. The molecular formula is C10H12ClN3. The van der Waals surface area contributed by atoms with Crippen LogP contribution >= 0.6 is 12.4 Å². The zero-order chi connectivity index (χ0) is 8.93. The summed E-state index contributed by atoms with van der Waals surface area (Å²) in [6.07, 6.45) is 3.50. The largest absolute Gasteiger partial charge is 0.365 e. The fourth-order valence-corrected chi connectivity index (χ4v) is 1.15. The number of rotatable bonds is 3. The van der Waals surface area contributed by atoms with Gasteiger partial charge in [-0.25, -0.2) is 4.98 Å². The minimum Gasteiger partial charge on any atom is -0.365 e. The van der Waals surface area contributed by atoms with E-state index in [9.17, 15) is 0 Å². The highest BCUT2D eigenvalue weighted by molar-refractivity contribution is 5.85. The van der Waals surface area contributed by atoms with Gasteiger partial charge in [0.2, 0.25) is 0 Å². The van der Waals surface area contributed by atoms with Crippen molar-refractivity contribution in [3.8, 4) is 0 Å². The lowest BCUT2D eigenvalue weighted by atomic mass is 10.2. The first-order valence-corrected chi connectivity index (χ1v) is 4.22. The van der Waals surface area contributed by atoms with Crippen LogP contribution < -0.4 is 5.32 Å². The molecule has 2 rings (SSSR count). The lowest BCUT2D eigenvalue weighted by Crippen LogP contribution is -1.98. The molecule has 2 aromatic rings. The molecule has 0 aliphatic carbocycles. The highest BCUT2D eigenvalue weighted by Crippen LogP contribution is 2.03. The number of anilines is 1. The van der Waals surface area contributed by atoms with Gasteiger partial charge < -0.3 is 10.3 Å². The lowest BCUT2D eigenvalue weighted by molar-refractivity contribution is 1.12. The minimum absolute atomic E-state index is 0. The van der Waals surface area contributed by atoms with Crippen LogP contribution in [0.3, 0.4) is 0 Å². The van der Waals surface area contributed by atoms with Gasteiger partial charge in [0.05, 0.1) is 6.33 Å². The van der Waals surface area contributed by atoms with Gasteiger partial charge in [0, 0.05) is 12.7 Å². The predicted molar refractivity (Wildman–Crippen MR) is 59.6 cm³/mol. The summed E-state index contributed by atoms with van der Waals surface area (Å²) < 4.78 is 0. The Bertz CT molecular complexity index is 345. The summed E-state index contributed by atoms with van der Waals surface area (Å²) in [6.45, 7) is 0.811. The molecule has 1 aromatic heterocycles. The number of H-pyrrole nitrogens is 1. The molecule has 0 amide bonds. The Morgan fingerprint density at radius 2 is 2.00 bits per heavy atom. The fourth-order valence-electron chi connectivity index (χ4n) is 1.15. The summed E-state index contributed by atoms with van der Waals surface area (Å²) in [6, 6.07) is 10.2. The van der Waals surface area contributed by atoms with Crippen LogP contribution in [0, 0.1) is 0 Å². The SMILES string of the molecule is Cl.c1ccc(CNc2c[nH]cn2)cc1. The maximum absolute atomic E-state index is 4.06. The van der Waals surface area contributed by atoms with Crippen LogP contribution in [0.15, 0.2) is 42.9 Å². The smallest absolute Gasteiger partial charge is 0.144 e. The van der Waals surface area contributed by atoms with Gasteiger partial charge in [-0.15, -0.1) is 12.4 Å². The first kappa shape index (κ1) is 10.6. The molecule has 1 aromatic carbocycles. The van der Waals surface area contributed by atoms with E-state index < -0.39 is 0 Å². The van der Waals surface area contributed by atoms with Crippen molar-refractivity contribution < 1.29 is 0 Å². The Morgan fingerprint density at radius 1 is 1.21 bits per heavy atom. The number of hydrogen-bond donors (Lipinski definition) is 2. The van der Waals surface area contributed by atoms with Crippen molar-refractivity contribution in [1.82, 2.24) is 9.97 Å². The normalized spacial score (nSPS) is 9.14. The predicted octanol–water partition coefficient (Wildman–Crippen LogP) is 2.44. The number of aromatic nitrogens is 2. The van der Waals surface area contributed by atoms with E-state index >= 15 is 0 Å². The Hall–Kier alpha value is -1.48. The topological polar surface area (TPSA) is 40.7 Å². The third-order valence-corrected chi connectivity index (χ3v) is 1.81. The molecule has 0 fully saturated rings. The highest BCUT2D eigenvalue weighted by atomic mass is 35.5. The maximum atomic E-state index is 4.06. The molecule has 0 aliphatic rings. The van der Waals surface area contributed by atoms with Crippen molar-refractivity contribution in [2.24, 2.45) is 0 Å². The van der Waals surface area contributed by atoms with Crippen LogP contribution in [0.25, 0.3) is 0 Å². The van der Waals surface area contributed by atoms with Gasteiger partial charge >= 0.3 is 0 Å². The van der Waals surface area contributed by atoms with Gasteiger partial charge in [-0.1, -0.05) is 30.3 Å². The maximum Gasteiger partial charge on any atom is 0.144 e. The standard InChI is InChI=1S/C10H11N3.ClH/c1-2-4-9(5-3-1)6-12-10-7-11-8-13-10;/h1-5,7-8,12H,6H2,(H,11,13);1H. The average Bonchev–Trinajstić information content (AvgIpc) is 2.69. The Morgan fingerprint density at radius 3 is 2.64 bits per heavy atom. The number of benzene rings is 1. The molecule has 0 radical (unpaired) electrons. The first-order valence-electron chi connectivity index (χ1n) is 4.22. The minimum atomic E-state index is 0. The van der Waals surface area contributed by atoms with Crippen molar-refractivity contribution in [1.29, 1.82) is 0 Å². The van der Waals surface area contributed by atoms with E-state index in [0.717, 1.165) is 12.4 Å². The second-order valence-electron chi connectivity index (χ2n) is 2.79. The van der Waals surface area contributed by atoms with E-state index in [0.29, 0.717) is 0 Å². The molecule has 0 saturated carbocycles. The van der Waals surface area contributed by atoms with E-state index in [2.05, 4.69) is 27.4 Å². The summed E-state index contributed by atoms with van der Waals surface area (Å²) in [4.78, 5) is 6.96. The third kappa shape index (κ3) is 2.78. The number of nitrogens with one attached hydrogen (secondary N) is 2. The van der Waals surface area contributed by atoms with Crippen LogP contribution in [0.5, 0.6) is 0 Å². The highest BCUT2D eigenvalue weighted by Gasteiger charge is 1.92. The van der Waals surface area contributed by atoms with Gasteiger partial charge in [0.25, 0.3) is 0 Å². The van der Waals surface area contributed by atoms with Gasteiger partial charge in [-0.2, -0.15) is 0 Å². The van der Waals surface area contributed by atoms with Crippen molar-refractivity contribution in [3.05, 3.63) is 48.4 Å². The molecule has 3 nitrogen and oxygen atoms in total. The molecule has 0 aliphatic heterocycles. The Kier molecular flexibility index (Phi) is 4.01. The quantitative estimate of drug-likeness (QED) is 0.815. The lowest BCUT2D eigenvalue weighted by Gasteiger charge is -2.01. The van der Waals surface area contributed by atoms with Crippen molar-refractivity contribution in [2.45, 2.75) is 6.54 Å². The van der Waals surface area contributed by atoms with E-state index in [4.69, 9.17) is 0 Å². The third-order valence-electron chi connectivity index (χ3n) is 1.81. The zero-order valence-electron chi connectivity index (χ0n) is 7.60. The molecule has 0 spiro atoms. The van der Waals surface area contributed by atoms with Crippen molar-refractivity contribution in [2.75, 3.05) is 5.32 Å². The molecule has 74 valence electrons. The van der Waals surface area contributed by atoms with Crippen molar-refractivity contribution >= 4 is 18.2 Å². The van der Waals surface area contributed by atoms with Gasteiger partial charge in [0.1, 0.15) is 5.82 Å². The second kappa shape index (κ2) is 5.29. The Balaban J connectivity index is 0.000000980. The van der Waals surface area contributed by atoms with Crippen LogP contribution in [-0.4, -0.2) is 9.97 Å². The summed E-state index contributed by atoms with van der Waals surface area (Å²) >= 11 is 0. The molecule has 0 unspecified atom stereocenters. The first-order chi connectivity index (χ1) is 6.45. The fraction of sp³-hybridized carbons (Fsp3) is 0.100. The molecule has 0 bridgehead atoms. The number of imidazole rings is 1. The summed E-state index contributed by atoms with van der Waals surface area (Å²) in [5.41, 5.74) is 1.26. The molecule has 0 saturated heterocycles. The average molecular weight is 210 g/mol. The molecule has 0 atom stereocenters. The van der Waals surface area contributed by atoms with E-state index in [1.54, 1.807) is 6.33 Å². The number of hydrogen-bond acceptors (Lipinski definition) is 2. The van der Waals surface area contributed by atoms with E-state index in [1.165, 1.54) is 5.56 Å². The summed E-state index contributed by atoms with van der Waals surface area (Å²) in [5, 5.41) is 3.20. The Labute approximate surface area is 89.0 Å². The van der Waals surface area contributed by atoms with Crippen LogP contribution in [0.1, 0.15) is 5.56 Å². The van der Waals surface area contributed by atoms with Crippen LogP contribution in [0.2, 0.25) is 0 Å². The van der Waals surface area contributed by atoms with Gasteiger partial charge in [-0.3, -0.25) is 0 Å². The van der Waals surface area contributed by atoms with Crippen molar-refractivity contribution in [3.63, 3.8) is 0 Å². The van der Waals surface area contributed by atoms with Gasteiger partial charge in [-0.05, 0) is 5.56 Å². The molecule has 2 N–H and O–H groups in total. The summed E-state index contributed by atoms with van der Waals surface area (Å²) in [7, 11) is 0. The zero-order valence-corrected chi connectivity index (χ0v) is 8.42. The number of halogens is 1. The summed E-state index contributed by atoms with van der Waals surface area (Å²) in [5.74, 6) is 0.879. The number of nitrogens with zero attached hydrogens (tertiary/aromatic N) is 1. The monoisotopic (exact) mass is 209 g/mol.